The van der Waals surface area contributed by atoms with Crippen LogP contribution in [-0.2, 0) is 0 Å². The Morgan fingerprint density at radius 3 is 2.33 bits per heavy atom. The first-order chi connectivity index (χ1) is 8.69. The summed E-state index contributed by atoms with van der Waals surface area (Å²) in [7, 11) is 0. The van der Waals surface area contributed by atoms with Crippen LogP contribution in [0.2, 0.25) is 0 Å². The fourth-order valence-electron chi connectivity index (χ4n) is 2.25. The average molecular weight is 240 g/mol. The first-order valence-electron chi connectivity index (χ1n) is 6.76. The molecule has 0 N–H and O–H groups in total. The summed E-state index contributed by atoms with van der Waals surface area (Å²) in [6.45, 7) is 14.6. The smallest absolute Gasteiger partial charge is 0.0147 e. The van der Waals surface area contributed by atoms with Crippen molar-refractivity contribution in [2.24, 2.45) is 0 Å². The van der Waals surface area contributed by atoms with E-state index in [1.165, 1.54) is 22.3 Å². The molecular weight excluding hydrogens is 216 g/mol. The van der Waals surface area contributed by atoms with Crippen LogP contribution in [-0.4, -0.2) is 0 Å². The summed E-state index contributed by atoms with van der Waals surface area (Å²) in [5.41, 5.74) is 5.20. The quantitative estimate of drug-likeness (QED) is 0.556. The molecule has 0 radical (unpaired) electrons. The lowest BCUT2D eigenvalue weighted by molar-refractivity contribution is 0.731. The summed E-state index contributed by atoms with van der Waals surface area (Å²) in [4.78, 5) is 0. The summed E-state index contributed by atoms with van der Waals surface area (Å²) in [5, 5.41) is 0. The minimum absolute atomic E-state index is 0.569. The molecule has 0 spiro atoms. The maximum Gasteiger partial charge on any atom is -0.0147 e. The van der Waals surface area contributed by atoms with Gasteiger partial charge in [0.25, 0.3) is 0 Å². The zero-order valence-corrected chi connectivity index (χ0v) is 11.9. The maximum absolute atomic E-state index is 3.97. The van der Waals surface area contributed by atoms with Gasteiger partial charge in [-0.25, -0.2) is 0 Å². The highest BCUT2D eigenvalue weighted by Crippen LogP contribution is 2.31. The van der Waals surface area contributed by atoms with Crippen molar-refractivity contribution >= 4 is 5.57 Å². The predicted molar refractivity (Wildman–Crippen MR) is 82.8 cm³/mol. The molecule has 1 atom stereocenters. The topological polar surface area (TPSA) is 0 Å². The fourth-order valence-corrected chi connectivity index (χ4v) is 2.25. The SMILES string of the molecule is C=C/C(CC)=C(\C=C)c1ccccc1C(C)CC. The highest BCUT2D eigenvalue weighted by atomic mass is 14.2. The van der Waals surface area contributed by atoms with Crippen molar-refractivity contribution in [2.45, 2.75) is 39.5 Å². The van der Waals surface area contributed by atoms with Crippen molar-refractivity contribution in [3.05, 3.63) is 66.3 Å². The Balaban J connectivity index is 3.43. The number of allylic oxidation sites excluding steroid dienone is 4. The molecule has 0 heteroatoms. The molecule has 1 rings (SSSR count). The van der Waals surface area contributed by atoms with E-state index in [0.29, 0.717) is 5.92 Å². The van der Waals surface area contributed by atoms with Crippen molar-refractivity contribution in [2.75, 3.05) is 0 Å². The van der Waals surface area contributed by atoms with Crippen LogP contribution in [0, 0.1) is 0 Å². The maximum atomic E-state index is 3.97. The van der Waals surface area contributed by atoms with E-state index < -0.39 is 0 Å². The van der Waals surface area contributed by atoms with Crippen LogP contribution in [0.3, 0.4) is 0 Å². The van der Waals surface area contributed by atoms with Crippen molar-refractivity contribution < 1.29 is 0 Å². The van der Waals surface area contributed by atoms with Gasteiger partial charge in [0.2, 0.25) is 0 Å². The summed E-state index contributed by atoms with van der Waals surface area (Å²) < 4.78 is 0. The molecule has 1 aromatic carbocycles. The van der Waals surface area contributed by atoms with Gasteiger partial charge in [-0.1, -0.05) is 70.3 Å². The molecule has 0 aliphatic carbocycles. The van der Waals surface area contributed by atoms with E-state index in [9.17, 15) is 0 Å². The summed E-state index contributed by atoms with van der Waals surface area (Å²) in [6.07, 6.45) is 6.04. The molecule has 0 bridgehead atoms. The first kappa shape index (κ1) is 14.5. The van der Waals surface area contributed by atoms with Crippen LogP contribution in [0.15, 0.2) is 55.1 Å². The Hall–Kier alpha value is -1.56. The van der Waals surface area contributed by atoms with Gasteiger partial charge in [-0.05, 0) is 41.0 Å². The Bertz CT molecular complexity index is 449. The highest BCUT2D eigenvalue weighted by Gasteiger charge is 2.11. The van der Waals surface area contributed by atoms with E-state index in [-0.39, 0.29) is 0 Å². The second kappa shape index (κ2) is 7.00. The van der Waals surface area contributed by atoms with E-state index in [1.807, 2.05) is 12.2 Å². The second-order valence-corrected chi connectivity index (χ2v) is 4.60. The average Bonchev–Trinajstić information content (AvgIpc) is 2.43. The third-order valence-corrected chi connectivity index (χ3v) is 3.57. The molecular formula is C18H24. The minimum atomic E-state index is 0.569. The molecule has 0 amide bonds. The molecule has 18 heavy (non-hydrogen) atoms. The molecule has 1 aromatic rings. The monoisotopic (exact) mass is 240 g/mol. The second-order valence-electron chi connectivity index (χ2n) is 4.60. The number of benzene rings is 1. The third-order valence-electron chi connectivity index (χ3n) is 3.57. The minimum Gasteiger partial charge on any atom is -0.0988 e. The Morgan fingerprint density at radius 1 is 1.17 bits per heavy atom. The summed E-state index contributed by atoms with van der Waals surface area (Å²) in [5.74, 6) is 0.569. The zero-order valence-electron chi connectivity index (χ0n) is 11.9. The molecule has 0 saturated heterocycles. The Morgan fingerprint density at radius 2 is 1.83 bits per heavy atom. The van der Waals surface area contributed by atoms with Crippen LogP contribution < -0.4 is 0 Å². The van der Waals surface area contributed by atoms with E-state index in [4.69, 9.17) is 0 Å². The Labute approximate surface area is 112 Å². The third kappa shape index (κ3) is 3.01. The predicted octanol–water partition coefficient (Wildman–Crippen LogP) is 5.74. The standard InChI is InChI=1S/C18H24/c1-6-14(5)17-12-10-11-13-18(17)16(9-4)15(7-2)8-3/h7,9-14H,2,4,6,8H2,1,3,5H3/b16-15-. The fraction of sp³-hybridized carbons (Fsp3) is 0.333. The lowest BCUT2D eigenvalue weighted by Crippen LogP contribution is -1.98. The lowest BCUT2D eigenvalue weighted by Gasteiger charge is -2.17. The number of hydrogen-bond donors (Lipinski definition) is 0. The van der Waals surface area contributed by atoms with Gasteiger partial charge in [0, 0.05) is 0 Å². The van der Waals surface area contributed by atoms with Gasteiger partial charge >= 0.3 is 0 Å². The van der Waals surface area contributed by atoms with Gasteiger partial charge in [0.1, 0.15) is 0 Å². The zero-order chi connectivity index (χ0) is 13.5. The molecule has 0 aliphatic heterocycles. The molecule has 0 nitrogen and oxygen atoms in total. The molecule has 0 heterocycles. The number of hydrogen-bond acceptors (Lipinski definition) is 0. The van der Waals surface area contributed by atoms with Gasteiger partial charge in [-0.15, -0.1) is 0 Å². The van der Waals surface area contributed by atoms with Crippen LogP contribution in [0.25, 0.3) is 5.57 Å². The van der Waals surface area contributed by atoms with E-state index in [2.05, 4.69) is 58.2 Å². The van der Waals surface area contributed by atoms with Crippen LogP contribution >= 0.6 is 0 Å². The highest BCUT2D eigenvalue weighted by molar-refractivity contribution is 5.80. The summed E-state index contributed by atoms with van der Waals surface area (Å²) >= 11 is 0. The molecule has 0 aliphatic rings. The van der Waals surface area contributed by atoms with Crippen molar-refractivity contribution in [3.63, 3.8) is 0 Å². The van der Waals surface area contributed by atoms with Gasteiger partial charge in [-0.2, -0.15) is 0 Å². The van der Waals surface area contributed by atoms with Crippen LogP contribution in [0.1, 0.15) is 50.7 Å². The molecule has 96 valence electrons. The van der Waals surface area contributed by atoms with E-state index >= 15 is 0 Å². The normalized spacial score (nSPS) is 13.7. The molecule has 1 unspecified atom stereocenters. The van der Waals surface area contributed by atoms with Crippen LogP contribution in [0.5, 0.6) is 0 Å². The van der Waals surface area contributed by atoms with Gasteiger partial charge in [0.05, 0.1) is 0 Å². The van der Waals surface area contributed by atoms with Crippen molar-refractivity contribution in [1.29, 1.82) is 0 Å². The molecule has 0 saturated carbocycles. The van der Waals surface area contributed by atoms with Crippen molar-refractivity contribution in [3.8, 4) is 0 Å². The largest absolute Gasteiger partial charge is 0.0988 e. The van der Waals surface area contributed by atoms with Gasteiger partial charge in [0.15, 0.2) is 0 Å². The molecule has 0 aromatic heterocycles. The van der Waals surface area contributed by atoms with Crippen LogP contribution in [0.4, 0.5) is 0 Å². The molecule has 0 fully saturated rings. The van der Waals surface area contributed by atoms with Gasteiger partial charge < -0.3 is 0 Å². The van der Waals surface area contributed by atoms with Crippen molar-refractivity contribution in [1.82, 2.24) is 0 Å². The van der Waals surface area contributed by atoms with Gasteiger partial charge in [-0.3, -0.25) is 0 Å². The lowest BCUT2D eigenvalue weighted by atomic mass is 9.87. The van der Waals surface area contributed by atoms with E-state index in [0.717, 1.165) is 12.8 Å². The Kier molecular flexibility index (Phi) is 5.64. The first-order valence-corrected chi connectivity index (χ1v) is 6.76. The van der Waals surface area contributed by atoms with E-state index in [1.54, 1.807) is 0 Å². The summed E-state index contributed by atoms with van der Waals surface area (Å²) in [6, 6.07) is 8.63. The number of rotatable bonds is 6.